The molecule has 1 aromatic rings. The van der Waals surface area contributed by atoms with E-state index in [9.17, 15) is 0 Å². The fourth-order valence-corrected chi connectivity index (χ4v) is 1.34. The van der Waals surface area contributed by atoms with Crippen LogP contribution >= 0.6 is 0 Å². The molecule has 0 fully saturated rings. The summed E-state index contributed by atoms with van der Waals surface area (Å²) in [6.07, 6.45) is 3.20. The maximum atomic E-state index is 8.87. The van der Waals surface area contributed by atoms with Crippen molar-refractivity contribution >= 4 is 0 Å². The average molecular weight is 210 g/mol. The normalized spacial score (nSPS) is 13.1. The van der Waals surface area contributed by atoms with Gasteiger partial charge in [0, 0.05) is 24.6 Å². The molecule has 1 heterocycles. The van der Waals surface area contributed by atoms with Gasteiger partial charge in [0.15, 0.2) is 5.82 Å². The smallest absolute Gasteiger partial charge is 0.157 e. The van der Waals surface area contributed by atoms with Crippen LogP contribution in [0.3, 0.4) is 0 Å². The molecule has 4 heteroatoms. The molecule has 1 aromatic heterocycles. The standard InChI is InChI=1S/C11H18N2O2/c1-4-15-10(8(2)3)11-12-5-9(7-14)6-13-11/h5-6,8,10,14H,4,7H2,1-3H3. The molecular formula is C11H18N2O2. The summed E-state index contributed by atoms with van der Waals surface area (Å²) >= 11 is 0. The van der Waals surface area contributed by atoms with Crippen molar-refractivity contribution in [3.05, 3.63) is 23.8 Å². The Morgan fingerprint density at radius 1 is 1.33 bits per heavy atom. The van der Waals surface area contributed by atoms with Crippen LogP contribution in [0, 0.1) is 5.92 Å². The molecule has 0 bridgehead atoms. The Hall–Kier alpha value is -1.00. The molecule has 0 spiro atoms. The van der Waals surface area contributed by atoms with Crippen LogP contribution in [0.15, 0.2) is 12.4 Å². The van der Waals surface area contributed by atoms with Crippen molar-refractivity contribution < 1.29 is 9.84 Å². The largest absolute Gasteiger partial charge is 0.392 e. The topological polar surface area (TPSA) is 55.2 Å². The van der Waals surface area contributed by atoms with E-state index in [0.29, 0.717) is 18.3 Å². The molecule has 1 atom stereocenters. The van der Waals surface area contributed by atoms with Gasteiger partial charge in [-0.3, -0.25) is 0 Å². The molecule has 0 saturated heterocycles. The molecule has 0 aromatic carbocycles. The highest BCUT2D eigenvalue weighted by Crippen LogP contribution is 2.22. The molecule has 0 aliphatic heterocycles. The second-order valence-corrected chi connectivity index (χ2v) is 3.73. The Balaban J connectivity index is 2.81. The van der Waals surface area contributed by atoms with Gasteiger partial charge in [0.25, 0.3) is 0 Å². The van der Waals surface area contributed by atoms with E-state index < -0.39 is 0 Å². The first-order valence-electron chi connectivity index (χ1n) is 5.22. The number of aliphatic hydroxyl groups excluding tert-OH is 1. The molecule has 1 rings (SSSR count). The van der Waals surface area contributed by atoms with Gasteiger partial charge in [-0.15, -0.1) is 0 Å². The van der Waals surface area contributed by atoms with Crippen molar-refractivity contribution in [1.82, 2.24) is 9.97 Å². The van der Waals surface area contributed by atoms with Gasteiger partial charge in [-0.05, 0) is 12.8 Å². The highest BCUT2D eigenvalue weighted by molar-refractivity contribution is 5.05. The van der Waals surface area contributed by atoms with Gasteiger partial charge >= 0.3 is 0 Å². The van der Waals surface area contributed by atoms with Crippen LogP contribution in [0.25, 0.3) is 0 Å². The number of aliphatic hydroxyl groups is 1. The van der Waals surface area contributed by atoms with Crippen LogP contribution in [-0.2, 0) is 11.3 Å². The van der Waals surface area contributed by atoms with E-state index in [2.05, 4.69) is 23.8 Å². The van der Waals surface area contributed by atoms with Crippen LogP contribution in [-0.4, -0.2) is 21.7 Å². The van der Waals surface area contributed by atoms with Gasteiger partial charge in [0.2, 0.25) is 0 Å². The SMILES string of the molecule is CCOC(c1ncc(CO)cn1)C(C)C. The Morgan fingerprint density at radius 3 is 2.33 bits per heavy atom. The Kier molecular flexibility index (Phi) is 4.65. The monoisotopic (exact) mass is 210 g/mol. The first kappa shape index (κ1) is 12.1. The quantitative estimate of drug-likeness (QED) is 0.803. The van der Waals surface area contributed by atoms with E-state index in [1.54, 1.807) is 12.4 Å². The minimum absolute atomic E-state index is 0.0265. The van der Waals surface area contributed by atoms with Crippen molar-refractivity contribution in [2.75, 3.05) is 6.61 Å². The fraction of sp³-hybridized carbons (Fsp3) is 0.636. The summed E-state index contributed by atoms with van der Waals surface area (Å²) in [5.41, 5.74) is 0.720. The molecule has 0 aliphatic rings. The number of ether oxygens (including phenoxy) is 1. The summed E-state index contributed by atoms with van der Waals surface area (Å²) in [5, 5.41) is 8.87. The fourth-order valence-electron chi connectivity index (χ4n) is 1.34. The lowest BCUT2D eigenvalue weighted by atomic mass is 10.1. The lowest BCUT2D eigenvalue weighted by Crippen LogP contribution is -2.14. The van der Waals surface area contributed by atoms with Crippen LogP contribution in [0.2, 0.25) is 0 Å². The van der Waals surface area contributed by atoms with E-state index in [1.165, 1.54) is 0 Å². The predicted molar refractivity (Wildman–Crippen MR) is 57.2 cm³/mol. The van der Waals surface area contributed by atoms with E-state index >= 15 is 0 Å². The third-order valence-electron chi connectivity index (χ3n) is 2.11. The number of nitrogens with zero attached hydrogens (tertiary/aromatic N) is 2. The second-order valence-electron chi connectivity index (χ2n) is 3.73. The second kappa shape index (κ2) is 5.78. The van der Waals surface area contributed by atoms with Gasteiger partial charge in [-0.2, -0.15) is 0 Å². The number of hydrogen-bond acceptors (Lipinski definition) is 4. The maximum absolute atomic E-state index is 8.87. The van der Waals surface area contributed by atoms with E-state index in [1.807, 2.05) is 6.92 Å². The third kappa shape index (κ3) is 3.25. The van der Waals surface area contributed by atoms with Crippen molar-refractivity contribution in [3.63, 3.8) is 0 Å². The molecule has 1 unspecified atom stereocenters. The molecule has 0 radical (unpaired) electrons. The van der Waals surface area contributed by atoms with E-state index in [4.69, 9.17) is 9.84 Å². The van der Waals surface area contributed by atoms with Crippen molar-refractivity contribution in [2.24, 2.45) is 5.92 Å². The first-order chi connectivity index (χ1) is 7.19. The molecule has 0 amide bonds. The van der Waals surface area contributed by atoms with Crippen molar-refractivity contribution in [2.45, 2.75) is 33.5 Å². The minimum atomic E-state index is -0.0669. The van der Waals surface area contributed by atoms with Gasteiger partial charge in [-0.1, -0.05) is 13.8 Å². The molecular weight excluding hydrogens is 192 g/mol. The Labute approximate surface area is 90.3 Å². The highest BCUT2D eigenvalue weighted by atomic mass is 16.5. The lowest BCUT2D eigenvalue weighted by Gasteiger charge is -2.19. The van der Waals surface area contributed by atoms with Crippen LogP contribution in [0.5, 0.6) is 0 Å². The summed E-state index contributed by atoms with van der Waals surface area (Å²) in [7, 11) is 0. The van der Waals surface area contributed by atoms with Crippen LogP contribution < -0.4 is 0 Å². The van der Waals surface area contributed by atoms with Crippen molar-refractivity contribution in [3.8, 4) is 0 Å². The van der Waals surface area contributed by atoms with Crippen molar-refractivity contribution in [1.29, 1.82) is 0 Å². The zero-order valence-corrected chi connectivity index (χ0v) is 9.47. The molecule has 15 heavy (non-hydrogen) atoms. The van der Waals surface area contributed by atoms with Crippen LogP contribution in [0.1, 0.15) is 38.3 Å². The predicted octanol–water partition coefficient (Wildman–Crippen LogP) is 1.70. The minimum Gasteiger partial charge on any atom is -0.392 e. The third-order valence-corrected chi connectivity index (χ3v) is 2.11. The Bertz CT molecular complexity index is 285. The molecule has 4 nitrogen and oxygen atoms in total. The van der Waals surface area contributed by atoms with E-state index in [-0.39, 0.29) is 12.7 Å². The summed E-state index contributed by atoms with van der Waals surface area (Å²) in [6.45, 7) is 6.72. The summed E-state index contributed by atoms with van der Waals surface area (Å²) in [5.74, 6) is 1.02. The maximum Gasteiger partial charge on any atom is 0.157 e. The summed E-state index contributed by atoms with van der Waals surface area (Å²) in [4.78, 5) is 8.39. The molecule has 84 valence electrons. The summed E-state index contributed by atoms with van der Waals surface area (Å²) < 4.78 is 5.58. The van der Waals surface area contributed by atoms with E-state index in [0.717, 1.165) is 5.56 Å². The van der Waals surface area contributed by atoms with Crippen LogP contribution in [0.4, 0.5) is 0 Å². The van der Waals surface area contributed by atoms with Gasteiger partial charge in [0.05, 0.1) is 6.61 Å². The lowest BCUT2D eigenvalue weighted by molar-refractivity contribution is 0.0231. The molecule has 0 aliphatic carbocycles. The van der Waals surface area contributed by atoms with Gasteiger partial charge < -0.3 is 9.84 Å². The number of rotatable bonds is 5. The first-order valence-corrected chi connectivity index (χ1v) is 5.22. The van der Waals surface area contributed by atoms with Gasteiger partial charge in [-0.25, -0.2) is 9.97 Å². The average Bonchev–Trinajstić information content (AvgIpc) is 2.26. The molecule has 0 saturated carbocycles. The zero-order valence-electron chi connectivity index (χ0n) is 9.47. The zero-order chi connectivity index (χ0) is 11.3. The number of hydrogen-bond donors (Lipinski definition) is 1. The Morgan fingerprint density at radius 2 is 1.93 bits per heavy atom. The summed E-state index contributed by atoms with van der Waals surface area (Å²) in [6, 6.07) is 0. The van der Waals surface area contributed by atoms with Gasteiger partial charge in [0.1, 0.15) is 6.10 Å². The molecule has 1 N–H and O–H groups in total. The highest BCUT2D eigenvalue weighted by Gasteiger charge is 2.18. The number of aromatic nitrogens is 2.